The molecule has 0 aliphatic carbocycles. The van der Waals surface area contributed by atoms with Crippen LogP contribution in [0.4, 0.5) is 5.13 Å². The molecule has 0 atom stereocenters. The Morgan fingerprint density at radius 2 is 2.00 bits per heavy atom. The number of ether oxygens (including phenoxy) is 2. The van der Waals surface area contributed by atoms with E-state index in [0.29, 0.717) is 26.5 Å². The molecule has 0 unspecified atom stereocenters. The summed E-state index contributed by atoms with van der Waals surface area (Å²) >= 11 is 6.81. The van der Waals surface area contributed by atoms with Crippen LogP contribution >= 0.6 is 22.9 Å². The highest BCUT2D eigenvalue weighted by atomic mass is 35.5. The van der Waals surface area contributed by atoms with Crippen molar-refractivity contribution in [3.63, 3.8) is 0 Å². The summed E-state index contributed by atoms with van der Waals surface area (Å²) in [7, 11) is 1.29. The van der Waals surface area contributed by atoms with Crippen molar-refractivity contribution in [1.82, 2.24) is 4.98 Å². The van der Waals surface area contributed by atoms with Crippen LogP contribution in [-0.4, -0.2) is 30.6 Å². The first-order chi connectivity index (χ1) is 10.5. The number of hydrogen-bond donors (Lipinski definition) is 1. The van der Waals surface area contributed by atoms with Crippen molar-refractivity contribution in [3.05, 3.63) is 39.9 Å². The van der Waals surface area contributed by atoms with Crippen LogP contribution in [0.15, 0.2) is 24.3 Å². The molecule has 1 heterocycles. The maximum absolute atomic E-state index is 11.8. The number of nitrogens with zero attached hydrogens (tertiary/aromatic N) is 1. The summed E-state index contributed by atoms with van der Waals surface area (Å²) in [6.45, 7) is 1.50. The first kappa shape index (κ1) is 16.3. The van der Waals surface area contributed by atoms with Gasteiger partial charge in [-0.3, -0.25) is 10.1 Å². The third-order valence-electron chi connectivity index (χ3n) is 2.60. The molecule has 0 aliphatic heterocycles. The van der Waals surface area contributed by atoms with E-state index in [9.17, 15) is 9.59 Å². The molecule has 6 nitrogen and oxygen atoms in total. The van der Waals surface area contributed by atoms with Gasteiger partial charge in [0.15, 0.2) is 11.7 Å². The van der Waals surface area contributed by atoms with Gasteiger partial charge < -0.3 is 9.47 Å². The van der Waals surface area contributed by atoms with Crippen molar-refractivity contribution >= 4 is 39.9 Å². The van der Waals surface area contributed by atoms with Gasteiger partial charge in [-0.15, -0.1) is 0 Å². The highest BCUT2D eigenvalue weighted by Crippen LogP contribution is 2.23. The monoisotopic (exact) mass is 340 g/mol. The molecule has 0 aliphatic rings. The number of carbonyl (C=O) groups is 2. The summed E-state index contributed by atoms with van der Waals surface area (Å²) in [5.41, 5.74) is 0.505. The van der Waals surface area contributed by atoms with Crippen molar-refractivity contribution in [2.24, 2.45) is 0 Å². The summed E-state index contributed by atoms with van der Waals surface area (Å²) in [6.07, 6.45) is 0. The predicted octanol–water partition coefficient (Wildman–Crippen LogP) is 2.91. The van der Waals surface area contributed by atoms with Gasteiger partial charge in [-0.2, -0.15) is 0 Å². The Hall–Kier alpha value is -2.12. The molecule has 22 heavy (non-hydrogen) atoms. The van der Waals surface area contributed by atoms with Gasteiger partial charge in [-0.1, -0.05) is 22.9 Å². The molecule has 1 amide bonds. The van der Waals surface area contributed by atoms with Crippen LogP contribution in [0.3, 0.4) is 0 Å². The summed E-state index contributed by atoms with van der Waals surface area (Å²) in [4.78, 5) is 27.7. The minimum atomic E-state index is -0.479. The number of amides is 1. The van der Waals surface area contributed by atoms with Crippen LogP contribution in [0.25, 0.3) is 0 Å². The number of nitrogens with one attached hydrogen (secondary N) is 1. The predicted molar refractivity (Wildman–Crippen MR) is 83.8 cm³/mol. The summed E-state index contributed by atoms with van der Waals surface area (Å²) in [5, 5.41) is 3.48. The fourth-order valence-electron chi connectivity index (χ4n) is 1.57. The van der Waals surface area contributed by atoms with Crippen LogP contribution in [0.1, 0.15) is 15.4 Å². The maximum atomic E-state index is 11.8. The number of benzene rings is 1. The van der Waals surface area contributed by atoms with Gasteiger partial charge in [0.05, 0.1) is 12.8 Å². The Morgan fingerprint density at radius 3 is 2.64 bits per heavy atom. The first-order valence-corrected chi connectivity index (χ1v) is 7.43. The lowest BCUT2D eigenvalue weighted by molar-refractivity contribution is -0.118. The molecule has 8 heteroatoms. The number of aryl methyl sites for hydroxylation is 1. The van der Waals surface area contributed by atoms with Crippen LogP contribution in [0.5, 0.6) is 5.75 Å². The van der Waals surface area contributed by atoms with Crippen LogP contribution < -0.4 is 10.1 Å². The molecule has 2 aromatic rings. The molecule has 0 spiro atoms. The lowest BCUT2D eigenvalue weighted by atomic mass is 10.3. The number of thiazole rings is 1. The molecule has 2 rings (SSSR count). The third kappa shape index (κ3) is 4.19. The molecule has 0 fully saturated rings. The second-order valence-corrected chi connectivity index (χ2v) is 5.65. The topological polar surface area (TPSA) is 77.5 Å². The highest BCUT2D eigenvalue weighted by Gasteiger charge is 2.17. The van der Waals surface area contributed by atoms with Crippen molar-refractivity contribution in [2.45, 2.75) is 6.92 Å². The molecule has 1 aromatic carbocycles. The van der Waals surface area contributed by atoms with Crippen LogP contribution in [0, 0.1) is 6.92 Å². The van der Waals surface area contributed by atoms with E-state index in [1.807, 2.05) is 0 Å². The van der Waals surface area contributed by atoms with E-state index in [2.05, 4.69) is 15.0 Å². The fourth-order valence-corrected chi connectivity index (χ4v) is 2.59. The number of rotatable bonds is 5. The SMILES string of the molecule is COC(=O)c1sc(NC(=O)COc2ccc(Cl)cc2)nc1C. The molecular weight excluding hydrogens is 328 g/mol. The number of anilines is 1. The Bertz CT molecular complexity index is 685. The van der Waals surface area contributed by atoms with E-state index in [4.69, 9.17) is 16.3 Å². The molecule has 0 saturated heterocycles. The Morgan fingerprint density at radius 1 is 1.32 bits per heavy atom. The second-order valence-electron chi connectivity index (χ2n) is 4.22. The minimum absolute atomic E-state index is 0.173. The molecule has 1 N–H and O–H groups in total. The summed E-state index contributed by atoms with van der Waals surface area (Å²) < 4.78 is 9.95. The molecule has 0 bridgehead atoms. The van der Waals surface area contributed by atoms with Crippen molar-refractivity contribution in [1.29, 1.82) is 0 Å². The lowest BCUT2D eigenvalue weighted by Crippen LogP contribution is -2.20. The van der Waals surface area contributed by atoms with E-state index < -0.39 is 5.97 Å². The average Bonchev–Trinajstić information content (AvgIpc) is 2.86. The van der Waals surface area contributed by atoms with Crippen LogP contribution in [0.2, 0.25) is 5.02 Å². The van der Waals surface area contributed by atoms with E-state index in [-0.39, 0.29) is 12.5 Å². The minimum Gasteiger partial charge on any atom is -0.484 e. The van der Waals surface area contributed by atoms with Crippen LogP contribution in [-0.2, 0) is 9.53 Å². The van der Waals surface area contributed by atoms with E-state index in [1.165, 1.54) is 7.11 Å². The largest absolute Gasteiger partial charge is 0.484 e. The second kappa shape index (κ2) is 7.24. The molecule has 0 radical (unpaired) electrons. The zero-order valence-corrected chi connectivity index (χ0v) is 13.5. The van der Waals surface area contributed by atoms with Gasteiger partial charge in [-0.25, -0.2) is 9.78 Å². The van der Waals surface area contributed by atoms with E-state index in [1.54, 1.807) is 31.2 Å². The third-order valence-corrected chi connectivity index (χ3v) is 3.90. The molecule has 116 valence electrons. The molecular formula is C14H13ClN2O4S. The Balaban J connectivity index is 1.92. The average molecular weight is 341 g/mol. The number of aromatic nitrogens is 1. The smallest absolute Gasteiger partial charge is 0.350 e. The molecule has 0 saturated carbocycles. The van der Waals surface area contributed by atoms with Gasteiger partial charge in [0, 0.05) is 5.02 Å². The van der Waals surface area contributed by atoms with Gasteiger partial charge >= 0.3 is 5.97 Å². The van der Waals surface area contributed by atoms with Crippen molar-refractivity contribution in [2.75, 3.05) is 19.0 Å². The Labute approximate surface area is 136 Å². The zero-order valence-electron chi connectivity index (χ0n) is 11.9. The van der Waals surface area contributed by atoms with Gasteiger partial charge in [-0.05, 0) is 31.2 Å². The highest BCUT2D eigenvalue weighted by molar-refractivity contribution is 7.17. The first-order valence-electron chi connectivity index (χ1n) is 6.23. The van der Waals surface area contributed by atoms with Gasteiger partial charge in [0.1, 0.15) is 10.6 Å². The quantitative estimate of drug-likeness (QED) is 0.847. The number of methoxy groups -OCH3 is 1. The number of carbonyl (C=O) groups excluding carboxylic acids is 2. The van der Waals surface area contributed by atoms with E-state index >= 15 is 0 Å². The van der Waals surface area contributed by atoms with Crippen molar-refractivity contribution in [3.8, 4) is 5.75 Å². The standard InChI is InChI=1S/C14H13ClN2O4S/c1-8-12(13(19)20-2)22-14(16-8)17-11(18)7-21-10-5-3-9(15)4-6-10/h3-6H,7H2,1-2H3,(H,16,17,18). The summed E-state index contributed by atoms with van der Waals surface area (Å²) in [5.74, 6) is -0.321. The van der Waals surface area contributed by atoms with E-state index in [0.717, 1.165) is 11.3 Å². The number of esters is 1. The number of hydrogen-bond acceptors (Lipinski definition) is 6. The van der Waals surface area contributed by atoms with Gasteiger partial charge in [0.2, 0.25) is 0 Å². The Kier molecular flexibility index (Phi) is 5.35. The lowest BCUT2D eigenvalue weighted by Gasteiger charge is -2.05. The number of halogens is 1. The van der Waals surface area contributed by atoms with Crippen molar-refractivity contribution < 1.29 is 19.1 Å². The molecule has 1 aromatic heterocycles. The normalized spacial score (nSPS) is 10.1. The fraction of sp³-hybridized carbons (Fsp3) is 0.214. The summed E-state index contributed by atoms with van der Waals surface area (Å²) in [6, 6.07) is 6.67. The zero-order chi connectivity index (χ0) is 16.1. The maximum Gasteiger partial charge on any atom is 0.350 e. The van der Waals surface area contributed by atoms with Gasteiger partial charge in [0.25, 0.3) is 5.91 Å².